The third kappa shape index (κ3) is 1.17. The van der Waals surface area contributed by atoms with Crippen molar-refractivity contribution in [2.75, 3.05) is 0 Å². The Labute approximate surface area is 76.0 Å². The highest BCUT2D eigenvalue weighted by atomic mass is 14.9. The van der Waals surface area contributed by atoms with Crippen LogP contribution in [0.2, 0.25) is 0 Å². The quantitative estimate of drug-likeness (QED) is 0.702. The Morgan fingerprint density at radius 3 is 2.85 bits per heavy atom. The minimum Gasteiger partial charge on any atom is -0.326 e. The highest BCUT2D eigenvalue weighted by Crippen LogP contribution is 2.13. The molecule has 0 saturated carbocycles. The molecule has 64 valence electrons. The number of nitriles is 1. The van der Waals surface area contributed by atoms with Crippen LogP contribution in [0.15, 0.2) is 30.6 Å². The largest absolute Gasteiger partial charge is 0.326 e. The van der Waals surface area contributed by atoms with Crippen molar-refractivity contribution in [3.63, 3.8) is 0 Å². The SMILES string of the molecule is N#Cc1ccn2ccc(CN)cc12. The smallest absolute Gasteiger partial charge is 0.101 e. The van der Waals surface area contributed by atoms with E-state index in [9.17, 15) is 0 Å². The molecule has 3 heteroatoms. The average Bonchev–Trinajstić information content (AvgIpc) is 2.59. The van der Waals surface area contributed by atoms with E-state index < -0.39 is 0 Å². The van der Waals surface area contributed by atoms with Crippen LogP contribution in [0.25, 0.3) is 5.52 Å². The lowest BCUT2D eigenvalue weighted by Crippen LogP contribution is -1.96. The highest BCUT2D eigenvalue weighted by Gasteiger charge is 2.00. The molecule has 0 aliphatic heterocycles. The van der Waals surface area contributed by atoms with Crippen LogP contribution in [0.4, 0.5) is 0 Å². The molecule has 0 bridgehead atoms. The molecule has 0 radical (unpaired) electrons. The molecular formula is C10H9N3. The van der Waals surface area contributed by atoms with Crippen LogP contribution in [0.3, 0.4) is 0 Å². The summed E-state index contributed by atoms with van der Waals surface area (Å²) in [5.41, 5.74) is 8.16. The zero-order valence-corrected chi connectivity index (χ0v) is 7.07. The van der Waals surface area contributed by atoms with Crippen molar-refractivity contribution in [3.8, 4) is 6.07 Å². The third-order valence-corrected chi connectivity index (χ3v) is 2.08. The van der Waals surface area contributed by atoms with Crippen LogP contribution in [0, 0.1) is 11.3 Å². The molecule has 0 amide bonds. The van der Waals surface area contributed by atoms with Gasteiger partial charge in [0.2, 0.25) is 0 Å². The first-order chi connectivity index (χ1) is 6.35. The summed E-state index contributed by atoms with van der Waals surface area (Å²) in [6, 6.07) is 7.84. The molecule has 2 heterocycles. The number of nitrogens with two attached hydrogens (primary N) is 1. The summed E-state index contributed by atoms with van der Waals surface area (Å²) >= 11 is 0. The Bertz CT molecular complexity index is 476. The van der Waals surface area contributed by atoms with E-state index in [2.05, 4.69) is 6.07 Å². The Morgan fingerprint density at radius 2 is 2.15 bits per heavy atom. The molecule has 3 nitrogen and oxygen atoms in total. The molecule has 0 aliphatic rings. The molecule has 0 saturated heterocycles. The van der Waals surface area contributed by atoms with Gasteiger partial charge in [0.25, 0.3) is 0 Å². The van der Waals surface area contributed by atoms with E-state index in [0.717, 1.165) is 11.1 Å². The van der Waals surface area contributed by atoms with Gasteiger partial charge in [-0.15, -0.1) is 0 Å². The summed E-state index contributed by atoms with van der Waals surface area (Å²) in [6.07, 6.45) is 3.78. The second-order valence-electron chi connectivity index (χ2n) is 2.87. The fourth-order valence-electron chi connectivity index (χ4n) is 1.36. The van der Waals surface area contributed by atoms with Crippen LogP contribution in [-0.4, -0.2) is 4.40 Å². The lowest BCUT2D eigenvalue weighted by Gasteiger charge is -1.98. The predicted molar refractivity (Wildman–Crippen MR) is 50.0 cm³/mol. The molecule has 2 rings (SSSR count). The van der Waals surface area contributed by atoms with Crippen molar-refractivity contribution in [1.82, 2.24) is 4.40 Å². The molecule has 13 heavy (non-hydrogen) atoms. The van der Waals surface area contributed by atoms with Gasteiger partial charge in [0.1, 0.15) is 6.07 Å². The molecule has 0 aromatic carbocycles. The van der Waals surface area contributed by atoms with E-state index in [-0.39, 0.29) is 0 Å². The Hall–Kier alpha value is -1.79. The van der Waals surface area contributed by atoms with Gasteiger partial charge in [-0.25, -0.2) is 0 Å². The molecule has 0 atom stereocenters. The zero-order chi connectivity index (χ0) is 9.26. The number of nitrogens with zero attached hydrogens (tertiary/aromatic N) is 2. The normalized spacial score (nSPS) is 10.2. The predicted octanol–water partition coefficient (Wildman–Crippen LogP) is 1.27. The summed E-state index contributed by atoms with van der Waals surface area (Å²) in [4.78, 5) is 0. The van der Waals surface area contributed by atoms with Gasteiger partial charge >= 0.3 is 0 Å². The summed E-state index contributed by atoms with van der Waals surface area (Å²) in [5.74, 6) is 0. The first-order valence-corrected chi connectivity index (χ1v) is 4.05. The minimum atomic E-state index is 0.506. The first kappa shape index (κ1) is 7.84. The van der Waals surface area contributed by atoms with Gasteiger partial charge in [-0.3, -0.25) is 0 Å². The van der Waals surface area contributed by atoms with Gasteiger partial charge in [0.05, 0.1) is 11.1 Å². The van der Waals surface area contributed by atoms with Gasteiger partial charge in [0, 0.05) is 18.9 Å². The van der Waals surface area contributed by atoms with E-state index in [0.29, 0.717) is 12.1 Å². The minimum absolute atomic E-state index is 0.506. The lowest BCUT2D eigenvalue weighted by atomic mass is 10.2. The van der Waals surface area contributed by atoms with E-state index in [1.807, 2.05) is 28.9 Å². The van der Waals surface area contributed by atoms with Crippen LogP contribution < -0.4 is 5.73 Å². The fourth-order valence-corrected chi connectivity index (χ4v) is 1.36. The Kier molecular flexibility index (Phi) is 1.76. The molecule has 0 fully saturated rings. The van der Waals surface area contributed by atoms with Gasteiger partial charge in [-0.2, -0.15) is 5.26 Å². The summed E-state index contributed by atoms with van der Waals surface area (Å²) in [7, 11) is 0. The van der Waals surface area contributed by atoms with Crippen LogP contribution in [-0.2, 0) is 6.54 Å². The Balaban J connectivity index is 2.73. The summed E-state index contributed by atoms with van der Waals surface area (Å²) in [5, 5.41) is 8.79. The van der Waals surface area contributed by atoms with Crippen molar-refractivity contribution in [2.45, 2.75) is 6.54 Å². The van der Waals surface area contributed by atoms with E-state index >= 15 is 0 Å². The van der Waals surface area contributed by atoms with Crippen molar-refractivity contribution < 1.29 is 0 Å². The highest BCUT2D eigenvalue weighted by molar-refractivity contribution is 5.62. The second kappa shape index (κ2) is 2.92. The summed E-state index contributed by atoms with van der Waals surface area (Å²) in [6.45, 7) is 0.506. The number of pyridine rings is 1. The topological polar surface area (TPSA) is 54.2 Å². The number of hydrogen-bond acceptors (Lipinski definition) is 2. The van der Waals surface area contributed by atoms with Gasteiger partial charge in [-0.1, -0.05) is 0 Å². The van der Waals surface area contributed by atoms with Crippen molar-refractivity contribution in [3.05, 3.63) is 41.7 Å². The lowest BCUT2D eigenvalue weighted by molar-refractivity contribution is 1.05. The first-order valence-electron chi connectivity index (χ1n) is 4.05. The van der Waals surface area contributed by atoms with E-state index in [1.54, 1.807) is 6.07 Å². The number of rotatable bonds is 1. The van der Waals surface area contributed by atoms with Crippen molar-refractivity contribution in [1.29, 1.82) is 5.26 Å². The summed E-state index contributed by atoms with van der Waals surface area (Å²) < 4.78 is 1.91. The monoisotopic (exact) mass is 171 g/mol. The number of fused-ring (bicyclic) bond motifs is 1. The molecule has 0 aliphatic carbocycles. The van der Waals surface area contributed by atoms with Crippen LogP contribution >= 0.6 is 0 Å². The van der Waals surface area contributed by atoms with Gasteiger partial charge in [0.15, 0.2) is 0 Å². The van der Waals surface area contributed by atoms with Gasteiger partial charge < -0.3 is 10.1 Å². The Morgan fingerprint density at radius 1 is 1.38 bits per heavy atom. The van der Waals surface area contributed by atoms with Crippen molar-refractivity contribution >= 4 is 5.52 Å². The third-order valence-electron chi connectivity index (χ3n) is 2.08. The van der Waals surface area contributed by atoms with Crippen LogP contribution in [0.1, 0.15) is 11.1 Å². The van der Waals surface area contributed by atoms with E-state index in [4.69, 9.17) is 11.0 Å². The maximum absolute atomic E-state index is 8.79. The van der Waals surface area contributed by atoms with E-state index in [1.165, 1.54) is 0 Å². The molecular weight excluding hydrogens is 162 g/mol. The second-order valence-corrected chi connectivity index (χ2v) is 2.87. The molecule has 2 aromatic rings. The maximum atomic E-state index is 8.79. The zero-order valence-electron chi connectivity index (χ0n) is 7.07. The number of hydrogen-bond donors (Lipinski definition) is 1. The molecule has 2 N–H and O–H groups in total. The van der Waals surface area contributed by atoms with Crippen LogP contribution in [0.5, 0.6) is 0 Å². The van der Waals surface area contributed by atoms with Crippen molar-refractivity contribution in [2.24, 2.45) is 5.73 Å². The fraction of sp³-hybridized carbons (Fsp3) is 0.100. The molecule has 0 unspecified atom stereocenters. The maximum Gasteiger partial charge on any atom is 0.101 e. The average molecular weight is 171 g/mol. The molecule has 2 aromatic heterocycles. The van der Waals surface area contributed by atoms with Gasteiger partial charge in [-0.05, 0) is 23.8 Å². The molecule has 0 spiro atoms. The standard InChI is InChI=1S/C10H9N3/c11-6-8-1-3-13-4-2-9(7-12)10(13)5-8/h1-5H,6,11H2. The number of aromatic nitrogens is 1.